The molecular formula is C22H14BrN3O5. The van der Waals surface area contributed by atoms with Crippen LogP contribution in [0.3, 0.4) is 0 Å². The molecule has 3 amide bonds. The molecule has 1 aliphatic heterocycles. The minimum Gasteiger partial charge on any atom is -0.478 e. The van der Waals surface area contributed by atoms with Crippen molar-refractivity contribution in [2.24, 2.45) is 0 Å². The molecular weight excluding hydrogens is 466 g/mol. The molecule has 2 N–H and O–H groups in total. The van der Waals surface area contributed by atoms with Crippen LogP contribution in [0.2, 0.25) is 0 Å². The molecule has 0 fully saturated rings. The molecule has 0 unspecified atom stereocenters. The van der Waals surface area contributed by atoms with Gasteiger partial charge in [0.2, 0.25) is 0 Å². The zero-order valence-electron chi connectivity index (χ0n) is 15.8. The number of pyridine rings is 1. The summed E-state index contributed by atoms with van der Waals surface area (Å²) in [6.45, 7) is 0.0720. The normalized spacial score (nSPS) is 12.6. The second-order valence-corrected chi connectivity index (χ2v) is 7.68. The highest BCUT2D eigenvalue weighted by atomic mass is 79.9. The summed E-state index contributed by atoms with van der Waals surface area (Å²) >= 11 is 3.20. The van der Waals surface area contributed by atoms with Gasteiger partial charge >= 0.3 is 5.97 Å². The fourth-order valence-electron chi connectivity index (χ4n) is 3.25. The summed E-state index contributed by atoms with van der Waals surface area (Å²) in [5.41, 5.74) is 1.18. The number of hydrogen-bond acceptors (Lipinski definition) is 5. The van der Waals surface area contributed by atoms with Gasteiger partial charge in [0, 0.05) is 22.4 Å². The lowest BCUT2D eigenvalue weighted by Gasteiger charge is -2.13. The van der Waals surface area contributed by atoms with Crippen LogP contribution in [0.25, 0.3) is 0 Å². The Labute approximate surface area is 184 Å². The van der Waals surface area contributed by atoms with Crippen LogP contribution < -0.4 is 5.32 Å². The van der Waals surface area contributed by atoms with Gasteiger partial charge in [0.05, 0.1) is 28.9 Å². The third-order valence-electron chi connectivity index (χ3n) is 4.76. The summed E-state index contributed by atoms with van der Waals surface area (Å²) in [6, 6.07) is 12.1. The van der Waals surface area contributed by atoms with Gasteiger partial charge in [-0.25, -0.2) is 4.79 Å². The lowest BCUT2D eigenvalue weighted by molar-refractivity contribution is 0.0639. The number of hydrogen-bond donors (Lipinski definition) is 2. The summed E-state index contributed by atoms with van der Waals surface area (Å²) in [4.78, 5) is 54.7. The zero-order chi connectivity index (χ0) is 22.1. The maximum Gasteiger partial charge on any atom is 0.337 e. The predicted molar refractivity (Wildman–Crippen MR) is 114 cm³/mol. The molecule has 8 nitrogen and oxygen atoms in total. The average Bonchev–Trinajstić information content (AvgIpc) is 3.00. The first-order chi connectivity index (χ1) is 14.8. The first-order valence-electron chi connectivity index (χ1n) is 9.08. The minimum absolute atomic E-state index is 0.0720. The van der Waals surface area contributed by atoms with Crippen molar-refractivity contribution in [3.05, 3.63) is 93.2 Å². The number of carbonyl (C=O) groups is 4. The number of anilines is 1. The Morgan fingerprint density at radius 2 is 1.81 bits per heavy atom. The number of aromatic nitrogens is 1. The van der Waals surface area contributed by atoms with Gasteiger partial charge < -0.3 is 10.4 Å². The molecule has 0 spiro atoms. The molecule has 0 aliphatic carbocycles. The average molecular weight is 480 g/mol. The van der Waals surface area contributed by atoms with E-state index in [1.807, 2.05) is 0 Å². The quantitative estimate of drug-likeness (QED) is 0.540. The highest BCUT2D eigenvalue weighted by Crippen LogP contribution is 2.27. The smallest absolute Gasteiger partial charge is 0.337 e. The molecule has 0 saturated heterocycles. The van der Waals surface area contributed by atoms with Crippen LogP contribution in [0, 0.1) is 0 Å². The van der Waals surface area contributed by atoms with Gasteiger partial charge in [0.25, 0.3) is 17.7 Å². The lowest BCUT2D eigenvalue weighted by Crippen LogP contribution is -2.29. The number of imide groups is 1. The molecule has 2 aromatic carbocycles. The van der Waals surface area contributed by atoms with Crippen LogP contribution in [-0.2, 0) is 6.54 Å². The van der Waals surface area contributed by atoms with Gasteiger partial charge in [0.15, 0.2) is 0 Å². The minimum atomic E-state index is -1.20. The first-order valence-corrected chi connectivity index (χ1v) is 9.88. The van der Waals surface area contributed by atoms with E-state index in [-0.39, 0.29) is 34.5 Å². The number of rotatable bonds is 5. The molecule has 0 saturated carbocycles. The van der Waals surface area contributed by atoms with Crippen LogP contribution in [0.1, 0.15) is 47.0 Å². The number of carboxylic acids is 1. The van der Waals surface area contributed by atoms with Gasteiger partial charge in [-0.1, -0.05) is 22.0 Å². The third-order valence-corrected chi connectivity index (χ3v) is 5.25. The van der Waals surface area contributed by atoms with Crippen LogP contribution >= 0.6 is 15.9 Å². The van der Waals surface area contributed by atoms with Crippen LogP contribution in [0.15, 0.2) is 65.4 Å². The molecule has 0 atom stereocenters. The number of aromatic carboxylic acids is 1. The topological polar surface area (TPSA) is 117 Å². The van der Waals surface area contributed by atoms with Gasteiger partial charge in [0.1, 0.15) is 0 Å². The maximum atomic E-state index is 12.8. The molecule has 3 aromatic rings. The summed E-state index contributed by atoms with van der Waals surface area (Å²) < 4.78 is 0.554. The van der Waals surface area contributed by atoms with E-state index in [2.05, 4.69) is 26.2 Å². The summed E-state index contributed by atoms with van der Waals surface area (Å²) in [7, 11) is 0. The number of fused-ring (bicyclic) bond motifs is 1. The standard InChI is InChI=1S/C22H14BrN3O5/c23-14-4-6-18(17(9-14)22(30)31)25-19(27)13-3-5-15-16(8-13)21(29)26(20(15)28)11-12-2-1-7-24-10-12/h1-10H,11H2,(H,25,27)(H,30,31). The van der Waals surface area contributed by atoms with Crippen molar-refractivity contribution in [1.29, 1.82) is 0 Å². The van der Waals surface area contributed by atoms with E-state index in [0.29, 0.717) is 10.0 Å². The van der Waals surface area contributed by atoms with Crippen molar-refractivity contribution in [3.8, 4) is 0 Å². The van der Waals surface area contributed by atoms with Crippen LogP contribution in [-0.4, -0.2) is 38.7 Å². The summed E-state index contributed by atoms with van der Waals surface area (Å²) in [6.07, 6.45) is 3.17. The zero-order valence-corrected chi connectivity index (χ0v) is 17.4. The fraction of sp³-hybridized carbons (Fsp3) is 0.0455. The van der Waals surface area contributed by atoms with E-state index in [1.165, 1.54) is 30.3 Å². The van der Waals surface area contributed by atoms with Crippen molar-refractivity contribution in [2.45, 2.75) is 6.54 Å². The van der Waals surface area contributed by atoms with E-state index < -0.39 is 23.7 Å². The van der Waals surface area contributed by atoms with Crippen molar-refractivity contribution in [1.82, 2.24) is 9.88 Å². The van der Waals surface area contributed by atoms with Crippen molar-refractivity contribution in [3.63, 3.8) is 0 Å². The third kappa shape index (κ3) is 3.95. The second kappa shape index (κ2) is 8.11. The molecule has 1 aliphatic rings. The number of carbonyl (C=O) groups excluding carboxylic acids is 3. The first kappa shape index (κ1) is 20.4. The predicted octanol–water partition coefficient (Wildman–Crippen LogP) is 3.59. The Balaban J connectivity index is 1.59. The molecule has 2 heterocycles. The van der Waals surface area contributed by atoms with Gasteiger partial charge in [-0.3, -0.25) is 24.3 Å². The molecule has 9 heteroatoms. The molecule has 1 aromatic heterocycles. The Kier molecular flexibility index (Phi) is 5.35. The van der Waals surface area contributed by atoms with Crippen LogP contribution in [0.4, 0.5) is 5.69 Å². The Morgan fingerprint density at radius 1 is 1.03 bits per heavy atom. The number of benzene rings is 2. The number of carboxylic acid groups (broad SMARTS) is 1. The van der Waals surface area contributed by atoms with Crippen LogP contribution in [0.5, 0.6) is 0 Å². The molecule has 4 rings (SSSR count). The largest absolute Gasteiger partial charge is 0.478 e. The van der Waals surface area contributed by atoms with E-state index in [4.69, 9.17) is 0 Å². The lowest BCUT2D eigenvalue weighted by atomic mass is 10.0. The Morgan fingerprint density at radius 3 is 2.52 bits per heavy atom. The highest BCUT2D eigenvalue weighted by Gasteiger charge is 2.36. The summed E-state index contributed by atoms with van der Waals surface area (Å²) in [5.74, 6) is -2.75. The Bertz CT molecular complexity index is 1240. The highest BCUT2D eigenvalue weighted by molar-refractivity contribution is 9.10. The van der Waals surface area contributed by atoms with E-state index >= 15 is 0 Å². The van der Waals surface area contributed by atoms with E-state index in [1.54, 1.807) is 30.6 Å². The van der Waals surface area contributed by atoms with E-state index in [9.17, 15) is 24.3 Å². The summed E-state index contributed by atoms with van der Waals surface area (Å²) in [5, 5.41) is 11.9. The van der Waals surface area contributed by atoms with Gasteiger partial charge in [-0.15, -0.1) is 0 Å². The van der Waals surface area contributed by atoms with Gasteiger partial charge in [-0.2, -0.15) is 0 Å². The van der Waals surface area contributed by atoms with Crippen molar-refractivity contribution in [2.75, 3.05) is 5.32 Å². The molecule has 154 valence electrons. The number of nitrogens with zero attached hydrogens (tertiary/aromatic N) is 2. The van der Waals surface area contributed by atoms with Crippen molar-refractivity contribution >= 4 is 45.3 Å². The monoisotopic (exact) mass is 479 g/mol. The number of halogens is 1. The van der Waals surface area contributed by atoms with E-state index in [0.717, 1.165) is 4.90 Å². The fourth-order valence-corrected chi connectivity index (χ4v) is 3.61. The molecule has 0 bridgehead atoms. The number of amides is 3. The molecule has 0 radical (unpaired) electrons. The SMILES string of the molecule is O=C(Nc1ccc(Br)cc1C(=O)O)c1ccc2c(c1)C(=O)N(Cc1cccnc1)C2=O. The number of nitrogens with one attached hydrogen (secondary N) is 1. The molecule has 31 heavy (non-hydrogen) atoms. The Hall–Kier alpha value is -3.85. The van der Waals surface area contributed by atoms with Gasteiger partial charge in [-0.05, 0) is 48.0 Å². The van der Waals surface area contributed by atoms with Crippen molar-refractivity contribution < 1.29 is 24.3 Å². The second-order valence-electron chi connectivity index (χ2n) is 6.77. The maximum absolute atomic E-state index is 12.8.